The molecule has 0 aliphatic heterocycles. The van der Waals surface area contributed by atoms with E-state index in [0.717, 1.165) is 21.0 Å². The van der Waals surface area contributed by atoms with Crippen molar-refractivity contribution in [1.82, 2.24) is 24.9 Å². The Balaban J connectivity index is 1.53. The zero-order valence-corrected chi connectivity index (χ0v) is 14.3. The van der Waals surface area contributed by atoms with Crippen molar-refractivity contribution in [2.24, 2.45) is 0 Å². The Kier molecular flexibility index (Phi) is 5.45. The largest absolute Gasteiger partial charge is 0.435 e. The Bertz CT molecular complexity index is 907. The quantitative estimate of drug-likeness (QED) is 0.635. The lowest BCUT2D eigenvalue weighted by Gasteiger charge is -2.07. The van der Waals surface area contributed by atoms with Gasteiger partial charge in [0.05, 0.1) is 11.9 Å². The van der Waals surface area contributed by atoms with Crippen molar-refractivity contribution in [3.05, 3.63) is 65.7 Å². The van der Waals surface area contributed by atoms with Crippen molar-refractivity contribution in [3.63, 3.8) is 0 Å². The van der Waals surface area contributed by atoms with Gasteiger partial charge >= 0.3 is 12.4 Å². The zero-order chi connectivity index (χ0) is 20.4. The molecule has 1 aromatic carbocycles. The minimum absolute atomic E-state index is 0.327. The SMILES string of the molecule is FC(F)(F)Cn1cc(CNCc2ccc(-n3ccc(C(F)(F)F)n3)cc2)cn1. The van der Waals surface area contributed by atoms with Crippen molar-refractivity contribution in [1.29, 1.82) is 0 Å². The smallest absolute Gasteiger partial charge is 0.309 e. The van der Waals surface area contributed by atoms with E-state index in [9.17, 15) is 26.3 Å². The third-order valence-electron chi connectivity index (χ3n) is 3.77. The molecule has 3 rings (SSSR count). The lowest BCUT2D eigenvalue weighted by molar-refractivity contribution is -0.143. The summed E-state index contributed by atoms with van der Waals surface area (Å²) in [4.78, 5) is 0. The van der Waals surface area contributed by atoms with E-state index in [1.54, 1.807) is 24.3 Å². The number of alkyl halides is 6. The number of aromatic nitrogens is 4. The van der Waals surface area contributed by atoms with Crippen LogP contribution < -0.4 is 5.32 Å². The Labute approximate surface area is 155 Å². The fourth-order valence-corrected chi connectivity index (χ4v) is 2.50. The molecule has 0 atom stereocenters. The first-order chi connectivity index (χ1) is 13.1. The van der Waals surface area contributed by atoms with Crippen LogP contribution in [-0.2, 0) is 25.8 Å². The maximum atomic E-state index is 12.6. The van der Waals surface area contributed by atoms with Crippen molar-refractivity contribution < 1.29 is 26.3 Å². The molecule has 2 aromatic heterocycles. The Morgan fingerprint density at radius 3 is 2.18 bits per heavy atom. The second-order valence-corrected chi connectivity index (χ2v) is 6.07. The molecule has 11 heteroatoms. The summed E-state index contributed by atoms with van der Waals surface area (Å²) in [5.74, 6) is 0. The van der Waals surface area contributed by atoms with Crippen molar-refractivity contribution in [3.8, 4) is 5.69 Å². The minimum Gasteiger partial charge on any atom is -0.309 e. The van der Waals surface area contributed by atoms with E-state index in [4.69, 9.17) is 0 Å². The normalized spacial score (nSPS) is 12.5. The fourth-order valence-electron chi connectivity index (χ4n) is 2.50. The summed E-state index contributed by atoms with van der Waals surface area (Å²) < 4.78 is 76.7. The number of nitrogens with one attached hydrogen (secondary N) is 1. The van der Waals surface area contributed by atoms with Crippen molar-refractivity contribution >= 4 is 0 Å². The van der Waals surface area contributed by atoms with Gasteiger partial charge in [-0.15, -0.1) is 0 Å². The van der Waals surface area contributed by atoms with E-state index >= 15 is 0 Å². The van der Waals surface area contributed by atoms with E-state index in [0.29, 0.717) is 24.3 Å². The molecule has 3 aromatic rings. The van der Waals surface area contributed by atoms with Crippen molar-refractivity contribution in [2.45, 2.75) is 32.0 Å². The average molecular weight is 403 g/mol. The monoisotopic (exact) mass is 403 g/mol. The summed E-state index contributed by atoms with van der Waals surface area (Å²) in [6.45, 7) is -0.386. The summed E-state index contributed by atoms with van der Waals surface area (Å²) >= 11 is 0. The molecule has 0 saturated carbocycles. The molecular weight excluding hydrogens is 388 g/mol. The van der Waals surface area contributed by atoms with E-state index in [-0.39, 0.29) is 0 Å². The predicted molar refractivity (Wildman–Crippen MR) is 87.4 cm³/mol. The molecule has 0 radical (unpaired) electrons. The van der Waals surface area contributed by atoms with Gasteiger partial charge in [-0.25, -0.2) is 4.68 Å². The number of halogens is 6. The Morgan fingerprint density at radius 1 is 0.893 bits per heavy atom. The number of hydrogen-bond donors (Lipinski definition) is 1. The summed E-state index contributed by atoms with van der Waals surface area (Å²) in [5, 5.41) is 10.2. The second-order valence-electron chi connectivity index (χ2n) is 6.07. The molecule has 0 unspecified atom stereocenters. The molecule has 28 heavy (non-hydrogen) atoms. The standard InChI is InChI=1S/C17H15F6N5/c18-16(19,20)11-27-10-13(9-25-27)8-24-7-12-1-3-14(4-2-12)28-6-5-15(26-28)17(21,22)23/h1-6,9-10,24H,7-8,11H2. The van der Waals surface area contributed by atoms with Gasteiger partial charge in [-0.05, 0) is 23.8 Å². The third kappa shape index (κ3) is 5.35. The van der Waals surface area contributed by atoms with Crippen LogP contribution in [0, 0.1) is 0 Å². The highest BCUT2D eigenvalue weighted by atomic mass is 19.4. The maximum absolute atomic E-state index is 12.6. The molecule has 0 bridgehead atoms. The van der Waals surface area contributed by atoms with Crippen LogP contribution in [0.15, 0.2) is 48.9 Å². The number of hydrogen-bond acceptors (Lipinski definition) is 3. The van der Waals surface area contributed by atoms with E-state index in [2.05, 4.69) is 15.5 Å². The summed E-state index contributed by atoms with van der Waals surface area (Å²) in [5.41, 5.74) is 0.976. The number of benzene rings is 1. The molecule has 0 saturated heterocycles. The van der Waals surface area contributed by atoms with Crippen molar-refractivity contribution in [2.75, 3.05) is 0 Å². The first kappa shape index (κ1) is 19.9. The van der Waals surface area contributed by atoms with E-state index in [1.165, 1.54) is 18.6 Å². The first-order valence-corrected chi connectivity index (χ1v) is 8.11. The van der Waals surface area contributed by atoms with Crippen LogP contribution in [0.1, 0.15) is 16.8 Å². The van der Waals surface area contributed by atoms with Gasteiger partial charge in [0.25, 0.3) is 0 Å². The molecule has 150 valence electrons. The van der Waals surface area contributed by atoms with Gasteiger partial charge < -0.3 is 5.32 Å². The van der Waals surface area contributed by atoms with Crippen LogP contribution in [0.3, 0.4) is 0 Å². The highest BCUT2D eigenvalue weighted by Crippen LogP contribution is 2.27. The van der Waals surface area contributed by atoms with Gasteiger partial charge in [0.2, 0.25) is 0 Å². The topological polar surface area (TPSA) is 47.7 Å². The van der Waals surface area contributed by atoms with Gasteiger partial charge in [0.15, 0.2) is 5.69 Å². The third-order valence-corrected chi connectivity index (χ3v) is 3.77. The Morgan fingerprint density at radius 2 is 1.57 bits per heavy atom. The number of rotatable bonds is 6. The van der Waals surface area contributed by atoms with Gasteiger partial charge in [0, 0.05) is 31.0 Å². The summed E-state index contributed by atoms with van der Waals surface area (Å²) in [7, 11) is 0. The van der Waals surface area contributed by atoms with E-state index < -0.39 is 24.6 Å². The zero-order valence-electron chi connectivity index (χ0n) is 14.3. The van der Waals surface area contributed by atoms with Crippen LogP contribution >= 0.6 is 0 Å². The van der Waals surface area contributed by atoms with Crippen LogP contribution in [0.4, 0.5) is 26.3 Å². The lowest BCUT2D eigenvalue weighted by Crippen LogP contribution is -2.18. The molecular formula is C17H15F6N5. The van der Waals surface area contributed by atoms with E-state index in [1.807, 2.05) is 0 Å². The van der Waals surface area contributed by atoms with Crippen LogP contribution in [0.2, 0.25) is 0 Å². The summed E-state index contributed by atoms with van der Waals surface area (Å²) in [6.07, 6.45) is -4.91. The minimum atomic E-state index is -4.50. The molecule has 1 N–H and O–H groups in total. The van der Waals surface area contributed by atoms with Crippen LogP contribution in [0.5, 0.6) is 0 Å². The lowest BCUT2D eigenvalue weighted by atomic mass is 10.2. The molecule has 0 aliphatic carbocycles. The average Bonchev–Trinajstić information content (AvgIpc) is 3.23. The highest BCUT2D eigenvalue weighted by Gasteiger charge is 2.33. The molecule has 0 fully saturated rings. The van der Waals surface area contributed by atoms with Gasteiger partial charge in [-0.1, -0.05) is 12.1 Å². The molecule has 0 spiro atoms. The highest BCUT2D eigenvalue weighted by molar-refractivity contribution is 5.34. The van der Waals surface area contributed by atoms with Crippen LogP contribution in [-0.4, -0.2) is 25.7 Å². The summed E-state index contributed by atoms with van der Waals surface area (Å²) in [6, 6.07) is 7.61. The first-order valence-electron chi connectivity index (χ1n) is 8.11. The predicted octanol–water partition coefficient (Wildman–Crippen LogP) is 3.94. The second kappa shape index (κ2) is 7.66. The van der Waals surface area contributed by atoms with Crippen LogP contribution in [0.25, 0.3) is 5.69 Å². The molecule has 0 amide bonds. The molecule has 0 aliphatic rings. The maximum Gasteiger partial charge on any atom is 0.435 e. The molecule has 2 heterocycles. The number of nitrogens with zero attached hydrogens (tertiary/aromatic N) is 4. The Hall–Kier alpha value is -2.82. The molecule has 5 nitrogen and oxygen atoms in total. The fraction of sp³-hybridized carbons (Fsp3) is 0.294. The van der Waals surface area contributed by atoms with Gasteiger partial charge in [-0.2, -0.15) is 36.5 Å². The van der Waals surface area contributed by atoms with Gasteiger partial charge in [0.1, 0.15) is 6.54 Å². The van der Waals surface area contributed by atoms with Gasteiger partial charge in [-0.3, -0.25) is 4.68 Å².